The van der Waals surface area contributed by atoms with Crippen molar-refractivity contribution in [3.63, 3.8) is 0 Å². The molecule has 2 aromatic carbocycles. The summed E-state index contributed by atoms with van der Waals surface area (Å²) in [7, 11) is 0. The van der Waals surface area contributed by atoms with Crippen molar-refractivity contribution in [3.05, 3.63) is 71.3 Å². The molecule has 2 unspecified atom stereocenters. The molecule has 0 saturated heterocycles. The van der Waals surface area contributed by atoms with Crippen molar-refractivity contribution in [1.82, 2.24) is 0 Å². The van der Waals surface area contributed by atoms with Crippen LogP contribution in [0.2, 0.25) is 0 Å². The lowest BCUT2D eigenvalue weighted by Gasteiger charge is -2.30. The molecule has 0 aliphatic carbocycles. The first kappa shape index (κ1) is 10.5. The monoisotopic (exact) mass is 224 g/mol. The van der Waals surface area contributed by atoms with Crippen LogP contribution in [-0.2, 0) is 4.74 Å². The van der Waals surface area contributed by atoms with Gasteiger partial charge in [-0.2, -0.15) is 0 Å². The third kappa shape index (κ3) is 1.87. The number of benzene rings is 2. The Bertz CT molecular complexity index is 504. The highest BCUT2D eigenvalue weighted by molar-refractivity contribution is 5.40. The van der Waals surface area contributed by atoms with Gasteiger partial charge in [-0.05, 0) is 23.6 Å². The van der Waals surface area contributed by atoms with E-state index in [1.54, 1.807) is 0 Å². The van der Waals surface area contributed by atoms with E-state index in [4.69, 9.17) is 4.74 Å². The minimum atomic E-state index is 0.214. The molecule has 86 valence electrons. The van der Waals surface area contributed by atoms with Crippen molar-refractivity contribution in [2.45, 2.75) is 18.9 Å². The number of rotatable bonds is 1. The molecule has 2 aromatic rings. The zero-order valence-corrected chi connectivity index (χ0v) is 9.97. The van der Waals surface area contributed by atoms with E-state index in [0.717, 1.165) is 6.61 Å². The maximum absolute atomic E-state index is 5.87. The van der Waals surface area contributed by atoms with E-state index in [1.165, 1.54) is 16.7 Å². The van der Waals surface area contributed by atoms with E-state index < -0.39 is 0 Å². The molecule has 2 atom stereocenters. The maximum Gasteiger partial charge on any atom is 0.0800 e. The summed E-state index contributed by atoms with van der Waals surface area (Å²) in [6.45, 7) is 2.90. The largest absolute Gasteiger partial charge is 0.373 e. The van der Waals surface area contributed by atoms with Gasteiger partial charge in [-0.3, -0.25) is 0 Å². The van der Waals surface area contributed by atoms with Gasteiger partial charge in [0, 0.05) is 5.92 Å². The lowest BCUT2D eigenvalue weighted by atomic mass is 9.85. The number of ether oxygens (including phenoxy) is 1. The molecule has 17 heavy (non-hydrogen) atoms. The van der Waals surface area contributed by atoms with E-state index >= 15 is 0 Å². The van der Waals surface area contributed by atoms with Crippen LogP contribution in [0.15, 0.2) is 54.6 Å². The van der Waals surface area contributed by atoms with Gasteiger partial charge in [-0.25, -0.2) is 0 Å². The molecule has 1 heteroatoms. The molecule has 1 aliphatic heterocycles. The van der Waals surface area contributed by atoms with Crippen molar-refractivity contribution in [2.75, 3.05) is 6.61 Å². The van der Waals surface area contributed by atoms with Crippen LogP contribution in [-0.4, -0.2) is 6.61 Å². The molecular formula is C16H16O. The van der Waals surface area contributed by atoms with Crippen molar-refractivity contribution < 1.29 is 4.74 Å². The van der Waals surface area contributed by atoms with Crippen LogP contribution in [0.1, 0.15) is 35.6 Å². The van der Waals surface area contributed by atoms with E-state index in [1.807, 2.05) is 0 Å². The zero-order chi connectivity index (χ0) is 11.7. The summed E-state index contributed by atoms with van der Waals surface area (Å²) in [5.74, 6) is 0.378. The second-order valence-corrected chi connectivity index (χ2v) is 4.57. The van der Waals surface area contributed by atoms with Crippen LogP contribution in [0.3, 0.4) is 0 Å². The van der Waals surface area contributed by atoms with Gasteiger partial charge < -0.3 is 4.74 Å². The molecule has 0 aromatic heterocycles. The highest BCUT2D eigenvalue weighted by Crippen LogP contribution is 2.36. The van der Waals surface area contributed by atoms with Gasteiger partial charge in [-0.1, -0.05) is 54.6 Å². The number of hydrogen-bond donors (Lipinski definition) is 0. The van der Waals surface area contributed by atoms with Crippen molar-refractivity contribution in [2.24, 2.45) is 0 Å². The highest BCUT2D eigenvalue weighted by atomic mass is 16.5. The van der Waals surface area contributed by atoms with Crippen molar-refractivity contribution in [1.29, 1.82) is 0 Å². The Balaban J connectivity index is 2.07. The lowest BCUT2D eigenvalue weighted by Crippen LogP contribution is -2.20. The first-order chi connectivity index (χ1) is 8.36. The Morgan fingerprint density at radius 1 is 0.882 bits per heavy atom. The van der Waals surface area contributed by atoms with Gasteiger partial charge in [-0.15, -0.1) is 0 Å². The normalized spacial score (nSPS) is 23.1. The topological polar surface area (TPSA) is 9.23 Å². The summed E-state index contributed by atoms with van der Waals surface area (Å²) in [6, 6.07) is 19.2. The second kappa shape index (κ2) is 4.34. The number of hydrogen-bond acceptors (Lipinski definition) is 1. The zero-order valence-electron chi connectivity index (χ0n) is 9.97. The second-order valence-electron chi connectivity index (χ2n) is 4.57. The van der Waals surface area contributed by atoms with Crippen LogP contribution in [0.25, 0.3) is 0 Å². The third-order valence-corrected chi connectivity index (χ3v) is 3.52. The van der Waals surface area contributed by atoms with E-state index in [-0.39, 0.29) is 6.10 Å². The Kier molecular flexibility index (Phi) is 2.69. The van der Waals surface area contributed by atoms with Gasteiger partial charge in [0.2, 0.25) is 0 Å². The first-order valence-corrected chi connectivity index (χ1v) is 6.11. The Morgan fingerprint density at radius 3 is 2.29 bits per heavy atom. The summed E-state index contributed by atoms with van der Waals surface area (Å²) >= 11 is 0. The van der Waals surface area contributed by atoms with Gasteiger partial charge in [0.15, 0.2) is 0 Å². The van der Waals surface area contributed by atoms with Gasteiger partial charge in [0.1, 0.15) is 0 Å². The standard InChI is InChI=1S/C16H16O/c1-12-14-9-5-6-10-15(14)16(11-17-12)13-7-3-2-4-8-13/h2-10,12,16H,11H2,1H3. The molecule has 0 bridgehead atoms. The van der Waals surface area contributed by atoms with E-state index in [0.29, 0.717) is 5.92 Å². The predicted molar refractivity (Wildman–Crippen MR) is 69.1 cm³/mol. The first-order valence-electron chi connectivity index (χ1n) is 6.11. The SMILES string of the molecule is CC1OCC(c2ccccc2)c2ccccc21. The molecule has 1 nitrogen and oxygen atoms in total. The predicted octanol–water partition coefficient (Wildman–Crippen LogP) is 3.91. The Hall–Kier alpha value is -1.60. The lowest BCUT2D eigenvalue weighted by molar-refractivity contribution is 0.0464. The molecule has 1 heterocycles. The van der Waals surface area contributed by atoms with Gasteiger partial charge in [0.05, 0.1) is 12.7 Å². The molecule has 3 rings (SSSR count). The summed E-state index contributed by atoms with van der Waals surface area (Å²) in [5.41, 5.74) is 4.08. The third-order valence-electron chi connectivity index (χ3n) is 3.52. The fourth-order valence-electron chi connectivity index (χ4n) is 2.58. The minimum absolute atomic E-state index is 0.214. The molecule has 0 fully saturated rings. The van der Waals surface area contributed by atoms with Crippen LogP contribution in [0, 0.1) is 0 Å². The van der Waals surface area contributed by atoms with Crippen LogP contribution in [0.5, 0.6) is 0 Å². The van der Waals surface area contributed by atoms with Gasteiger partial charge in [0.25, 0.3) is 0 Å². The molecule has 0 saturated carbocycles. The summed E-state index contributed by atoms with van der Waals surface area (Å²) in [5, 5.41) is 0. The molecule has 0 radical (unpaired) electrons. The quantitative estimate of drug-likeness (QED) is 0.713. The van der Waals surface area contributed by atoms with Gasteiger partial charge >= 0.3 is 0 Å². The van der Waals surface area contributed by atoms with E-state index in [2.05, 4.69) is 61.5 Å². The summed E-state index contributed by atoms with van der Waals surface area (Å²) < 4.78 is 5.87. The maximum atomic E-state index is 5.87. The van der Waals surface area contributed by atoms with Crippen LogP contribution in [0.4, 0.5) is 0 Å². The van der Waals surface area contributed by atoms with Crippen molar-refractivity contribution >= 4 is 0 Å². The van der Waals surface area contributed by atoms with E-state index in [9.17, 15) is 0 Å². The van der Waals surface area contributed by atoms with Crippen LogP contribution < -0.4 is 0 Å². The smallest absolute Gasteiger partial charge is 0.0800 e. The number of fused-ring (bicyclic) bond motifs is 1. The molecular weight excluding hydrogens is 208 g/mol. The fraction of sp³-hybridized carbons (Fsp3) is 0.250. The molecule has 0 spiro atoms. The molecule has 0 amide bonds. The molecule has 1 aliphatic rings. The Morgan fingerprint density at radius 2 is 1.53 bits per heavy atom. The fourth-order valence-corrected chi connectivity index (χ4v) is 2.58. The average molecular weight is 224 g/mol. The highest BCUT2D eigenvalue weighted by Gasteiger charge is 2.25. The minimum Gasteiger partial charge on any atom is -0.373 e. The summed E-state index contributed by atoms with van der Waals surface area (Å²) in [6.07, 6.45) is 0.214. The Labute approximate surface area is 102 Å². The molecule has 0 N–H and O–H groups in total. The average Bonchev–Trinajstić information content (AvgIpc) is 2.41. The summed E-state index contributed by atoms with van der Waals surface area (Å²) in [4.78, 5) is 0. The van der Waals surface area contributed by atoms with Crippen LogP contribution >= 0.6 is 0 Å². The van der Waals surface area contributed by atoms with Crippen molar-refractivity contribution in [3.8, 4) is 0 Å².